The molecule has 9 heteroatoms. The Balaban J connectivity index is 2.63. The molecule has 0 N–H and O–H groups in total. The van der Waals surface area contributed by atoms with Crippen LogP contribution in [0, 0.1) is 0 Å². The molecule has 0 saturated heterocycles. The molecule has 0 heterocycles. The second-order valence-corrected chi connectivity index (χ2v) is 11.3. The first-order valence-corrected chi connectivity index (χ1v) is 12.3. The first kappa shape index (κ1) is 24.4. The van der Waals surface area contributed by atoms with E-state index in [-0.39, 0.29) is 29.2 Å². The lowest BCUT2D eigenvalue weighted by Gasteiger charge is -2.31. The number of hydrogen-bond donors (Lipinski definition) is 0. The van der Waals surface area contributed by atoms with Gasteiger partial charge in [-0.3, -0.25) is 0 Å². The molecule has 0 atom stereocenters. The van der Waals surface area contributed by atoms with E-state index in [1.165, 1.54) is 66.8 Å². The molecule has 0 amide bonds. The SMILES string of the molecule is C=CCC(C/C=C\COC(=O)OC)(S(=O)(=O)c1ccccc1)S(=O)(=O)c1ccccc1. The number of methoxy groups -OCH3 is 1. The quantitative estimate of drug-likeness (QED) is 0.387. The molecule has 0 aliphatic heterocycles. The van der Waals surface area contributed by atoms with E-state index in [4.69, 9.17) is 4.74 Å². The average molecular weight is 465 g/mol. The number of hydrogen-bond acceptors (Lipinski definition) is 7. The summed E-state index contributed by atoms with van der Waals surface area (Å²) in [5.41, 5.74) is 0. The predicted octanol–water partition coefficient (Wildman–Crippen LogP) is 3.94. The van der Waals surface area contributed by atoms with Gasteiger partial charge in [0, 0.05) is 6.42 Å². The number of allylic oxidation sites excluding steroid dienone is 2. The Morgan fingerprint density at radius 2 is 1.35 bits per heavy atom. The van der Waals surface area contributed by atoms with Crippen molar-refractivity contribution in [3.8, 4) is 0 Å². The van der Waals surface area contributed by atoms with Gasteiger partial charge in [-0.15, -0.1) is 6.58 Å². The fraction of sp³-hybridized carbons (Fsp3) is 0.227. The highest BCUT2D eigenvalue weighted by Crippen LogP contribution is 2.41. The number of benzene rings is 2. The summed E-state index contributed by atoms with van der Waals surface area (Å²) in [5.74, 6) is 0. The van der Waals surface area contributed by atoms with Crippen LogP contribution in [0.1, 0.15) is 12.8 Å². The van der Waals surface area contributed by atoms with Crippen molar-refractivity contribution in [1.29, 1.82) is 0 Å². The van der Waals surface area contributed by atoms with E-state index in [0.717, 1.165) is 7.11 Å². The summed E-state index contributed by atoms with van der Waals surface area (Å²) >= 11 is 0. The Morgan fingerprint density at radius 1 is 0.871 bits per heavy atom. The second kappa shape index (κ2) is 10.4. The lowest BCUT2D eigenvalue weighted by Crippen LogP contribution is -2.45. The molecular formula is C22H24O7S2. The maximum absolute atomic E-state index is 13.7. The molecule has 0 aliphatic rings. The fourth-order valence-corrected chi connectivity index (χ4v) is 7.95. The summed E-state index contributed by atoms with van der Waals surface area (Å²) in [6.07, 6.45) is 2.39. The minimum absolute atomic E-state index is 0.115. The standard InChI is InChI=1S/C22H24O7S2/c1-3-16-22(17-10-11-18-29-21(23)28-2,30(24,25)19-12-6-4-7-13-19)31(26,27)20-14-8-5-9-15-20/h3-15H,1,16-18H2,2H3/b11-10-. The largest absolute Gasteiger partial charge is 0.508 e. The average Bonchev–Trinajstić information content (AvgIpc) is 2.78. The van der Waals surface area contributed by atoms with Crippen molar-refractivity contribution >= 4 is 25.8 Å². The molecular weight excluding hydrogens is 440 g/mol. The summed E-state index contributed by atoms with van der Waals surface area (Å²) < 4.78 is 61.7. The third kappa shape index (κ3) is 5.05. The molecule has 0 unspecified atom stereocenters. The van der Waals surface area contributed by atoms with Gasteiger partial charge < -0.3 is 9.47 Å². The molecule has 0 bridgehead atoms. The van der Waals surface area contributed by atoms with Gasteiger partial charge in [0.2, 0.25) is 0 Å². The molecule has 0 aromatic heterocycles. The molecule has 0 fully saturated rings. The molecule has 2 rings (SSSR count). The van der Waals surface area contributed by atoms with Crippen LogP contribution in [0.25, 0.3) is 0 Å². The summed E-state index contributed by atoms with van der Waals surface area (Å²) in [6, 6.07) is 14.8. The number of sulfone groups is 2. The molecule has 2 aromatic carbocycles. The van der Waals surface area contributed by atoms with Crippen LogP contribution in [0.5, 0.6) is 0 Å². The van der Waals surface area contributed by atoms with Gasteiger partial charge >= 0.3 is 6.16 Å². The van der Waals surface area contributed by atoms with Crippen molar-refractivity contribution in [3.63, 3.8) is 0 Å². The third-order valence-electron chi connectivity index (χ3n) is 4.60. The maximum Gasteiger partial charge on any atom is 0.508 e. The van der Waals surface area contributed by atoms with Crippen LogP contribution < -0.4 is 0 Å². The van der Waals surface area contributed by atoms with Gasteiger partial charge in [-0.05, 0) is 30.7 Å². The van der Waals surface area contributed by atoms with Gasteiger partial charge in [0.25, 0.3) is 0 Å². The molecule has 0 saturated carbocycles. The van der Waals surface area contributed by atoms with Crippen molar-refractivity contribution in [1.82, 2.24) is 0 Å². The van der Waals surface area contributed by atoms with Crippen LogP contribution in [-0.2, 0) is 29.1 Å². The minimum Gasteiger partial charge on any atom is -0.438 e. The van der Waals surface area contributed by atoms with Crippen molar-refractivity contribution in [2.75, 3.05) is 13.7 Å². The Labute approximate surface area is 182 Å². The Bertz CT molecular complexity index is 1050. The zero-order valence-electron chi connectivity index (χ0n) is 17.0. The normalized spacial score (nSPS) is 12.4. The molecule has 2 aromatic rings. The van der Waals surface area contributed by atoms with Gasteiger partial charge in [0.1, 0.15) is 6.61 Å². The second-order valence-electron chi connectivity index (χ2n) is 6.48. The van der Waals surface area contributed by atoms with Crippen LogP contribution >= 0.6 is 0 Å². The maximum atomic E-state index is 13.7. The minimum atomic E-state index is -4.38. The van der Waals surface area contributed by atoms with Crippen molar-refractivity contribution < 1.29 is 31.1 Å². The summed E-state index contributed by atoms with van der Waals surface area (Å²) in [6.45, 7) is 3.40. The van der Waals surface area contributed by atoms with Gasteiger partial charge in [-0.25, -0.2) is 21.6 Å². The smallest absolute Gasteiger partial charge is 0.438 e. The molecule has 0 spiro atoms. The highest BCUT2D eigenvalue weighted by molar-refractivity contribution is 8.10. The van der Waals surface area contributed by atoms with Crippen LogP contribution in [0.4, 0.5) is 4.79 Å². The summed E-state index contributed by atoms with van der Waals surface area (Å²) in [5, 5.41) is 0. The Morgan fingerprint density at radius 3 is 1.77 bits per heavy atom. The number of carbonyl (C=O) groups is 1. The number of ether oxygens (including phenoxy) is 2. The van der Waals surface area contributed by atoms with E-state index in [2.05, 4.69) is 11.3 Å². The first-order valence-electron chi connectivity index (χ1n) is 9.29. The van der Waals surface area contributed by atoms with E-state index >= 15 is 0 Å². The van der Waals surface area contributed by atoms with Crippen LogP contribution in [0.2, 0.25) is 0 Å². The van der Waals surface area contributed by atoms with Crippen LogP contribution in [-0.4, -0.2) is 40.8 Å². The molecule has 166 valence electrons. The Kier molecular flexibility index (Phi) is 8.18. The molecule has 31 heavy (non-hydrogen) atoms. The first-order chi connectivity index (χ1) is 14.7. The number of rotatable bonds is 10. The van der Waals surface area contributed by atoms with Crippen molar-refractivity contribution in [2.24, 2.45) is 0 Å². The van der Waals surface area contributed by atoms with Gasteiger partial charge in [0.05, 0.1) is 16.9 Å². The number of carbonyl (C=O) groups excluding carboxylic acids is 1. The monoisotopic (exact) mass is 464 g/mol. The molecule has 0 radical (unpaired) electrons. The van der Waals surface area contributed by atoms with Crippen molar-refractivity contribution in [2.45, 2.75) is 26.7 Å². The molecule has 0 aliphatic carbocycles. The van der Waals surface area contributed by atoms with Crippen LogP contribution in [0.15, 0.2) is 95.3 Å². The topological polar surface area (TPSA) is 104 Å². The lowest BCUT2D eigenvalue weighted by atomic mass is 10.2. The summed E-state index contributed by atoms with van der Waals surface area (Å²) in [4.78, 5) is 10.8. The Hall–Kier alpha value is -2.91. The van der Waals surface area contributed by atoms with E-state index in [0.29, 0.717) is 0 Å². The summed E-state index contributed by atoms with van der Waals surface area (Å²) in [7, 11) is -7.61. The fourth-order valence-electron chi connectivity index (χ4n) is 3.02. The van der Waals surface area contributed by atoms with E-state index in [1.807, 2.05) is 0 Å². The van der Waals surface area contributed by atoms with E-state index in [1.54, 1.807) is 12.1 Å². The van der Waals surface area contributed by atoms with Gasteiger partial charge in [-0.2, -0.15) is 0 Å². The predicted molar refractivity (Wildman–Crippen MR) is 117 cm³/mol. The van der Waals surface area contributed by atoms with Gasteiger partial charge in [-0.1, -0.05) is 54.6 Å². The van der Waals surface area contributed by atoms with E-state index in [9.17, 15) is 21.6 Å². The van der Waals surface area contributed by atoms with E-state index < -0.39 is 29.9 Å². The molecule has 7 nitrogen and oxygen atoms in total. The van der Waals surface area contributed by atoms with Crippen LogP contribution in [0.3, 0.4) is 0 Å². The highest BCUT2D eigenvalue weighted by Gasteiger charge is 2.54. The zero-order chi connectivity index (χ0) is 23.0. The lowest BCUT2D eigenvalue weighted by molar-refractivity contribution is 0.0817. The highest BCUT2D eigenvalue weighted by atomic mass is 32.3. The zero-order valence-corrected chi connectivity index (χ0v) is 18.6. The third-order valence-corrected chi connectivity index (χ3v) is 10.3. The van der Waals surface area contributed by atoms with Crippen molar-refractivity contribution in [3.05, 3.63) is 85.5 Å². The van der Waals surface area contributed by atoms with Gasteiger partial charge in [0.15, 0.2) is 23.8 Å².